The Bertz CT molecular complexity index is 766. The van der Waals surface area contributed by atoms with Gasteiger partial charge in [-0.3, -0.25) is 9.59 Å². The first-order chi connectivity index (χ1) is 14.7. The molecule has 0 aliphatic heterocycles. The van der Waals surface area contributed by atoms with Gasteiger partial charge in [0.15, 0.2) is 0 Å². The third-order valence-electron chi connectivity index (χ3n) is 4.81. The van der Waals surface area contributed by atoms with Gasteiger partial charge in [-0.15, -0.1) is 0 Å². The van der Waals surface area contributed by atoms with Crippen molar-refractivity contribution in [3.05, 3.63) is 35.4 Å². The Balaban J connectivity index is 3.23. The molecule has 0 aromatic heterocycles. The second-order valence-corrected chi connectivity index (χ2v) is 9.94. The lowest BCUT2D eigenvalue weighted by Gasteiger charge is -2.32. The first-order valence-electron chi connectivity index (χ1n) is 11.4. The second-order valence-electron chi connectivity index (χ2n) is 9.94. The van der Waals surface area contributed by atoms with Gasteiger partial charge in [0.2, 0.25) is 11.8 Å². The maximum atomic E-state index is 13.5. The van der Waals surface area contributed by atoms with Gasteiger partial charge in [-0.1, -0.05) is 45.0 Å². The fraction of sp³-hybridized carbons (Fsp3) is 0.640. The molecule has 2 N–H and O–H groups in total. The quantitative estimate of drug-likeness (QED) is 0.593. The maximum Gasteiger partial charge on any atom is 0.408 e. The molecular weight excluding hydrogens is 406 g/mol. The van der Waals surface area contributed by atoms with Crippen molar-refractivity contribution in [1.29, 1.82) is 0 Å². The van der Waals surface area contributed by atoms with E-state index in [0.717, 1.165) is 17.5 Å². The van der Waals surface area contributed by atoms with Crippen LogP contribution in [-0.2, 0) is 20.7 Å². The van der Waals surface area contributed by atoms with Crippen LogP contribution in [0, 0.1) is 5.92 Å². The van der Waals surface area contributed by atoms with E-state index in [2.05, 4.69) is 17.6 Å². The van der Waals surface area contributed by atoms with E-state index < -0.39 is 23.8 Å². The average molecular weight is 448 g/mol. The van der Waals surface area contributed by atoms with Crippen molar-refractivity contribution in [3.8, 4) is 0 Å². The van der Waals surface area contributed by atoms with E-state index in [4.69, 9.17) is 4.74 Å². The topological polar surface area (TPSA) is 87.7 Å². The number of nitrogens with one attached hydrogen (secondary N) is 2. The van der Waals surface area contributed by atoms with Gasteiger partial charge in [-0.2, -0.15) is 0 Å². The van der Waals surface area contributed by atoms with Crippen LogP contribution in [0.2, 0.25) is 0 Å². The van der Waals surface area contributed by atoms with E-state index in [1.54, 1.807) is 27.8 Å². The second kappa shape index (κ2) is 11.9. The van der Waals surface area contributed by atoms with Crippen LogP contribution in [0.5, 0.6) is 0 Å². The molecule has 0 aliphatic carbocycles. The van der Waals surface area contributed by atoms with Gasteiger partial charge < -0.3 is 20.3 Å². The third-order valence-corrected chi connectivity index (χ3v) is 4.81. The fourth-order valence-corrected chi connectivity index (χ4v) is 3.37. The molecule has 7 nitrogen and oxygen atoms in total. The average Bonchev–Trinajstić information content (AvgIpc) is 2.65. The minimum absolute atomic E-state index is 0.0743. The molecule has 0 heterocycles. The number of carbonyl (C=O) groups is 3. The van der Waals surface area contributed by atoms with Gasteiger partial charge in [0.25, 0.3) is 0 Å². The Morgan fingerprint density at radius 2 is 1.56 bits per heavy atom. The Labute approximate surface area is 193 Å². The molecule has 32 heavy (non-hydrogen) atoms. The summed E-state index contributed by atoms with van der Waals surface area (Å²) < 4.78 is 5.35. The number of rotatable bonds is 9. The summed E-state index contributed by atoms with van der Waals surface area (Å²) in [5.74, 6) is -0.451. The van der Waals surface area contributed by atoms with Crippen molar-refractivity contribution in [2.75, 3.05) is 7.05 Å². The molecular formula is C25H41N3O4. The summed E-state index contributed by atoms with van der Waals surface area (Å²) in [5, 5.41) is 5.62. The van der Waals surface area contributed by atoms with Gasteiger partial charge in [-0.25, -0.2) is 4.79 Å². The zero-order valence-corrected chi connectivity index (χ0v) is 21.1. The molecule has 0 spiro atoms. The molecule has 0 aliphatic rings. The molecule has 0 saturated carbocycles. The van der Waals surface area contributed by atoms with Gasteiger partial charge >= 0.3 is 6.09 Å². The molecule has 3 amide bonds. The number of benzene rings is 1. The number of amides is 3. The van der Waals surface area contributed by atoms with E-state index >= 15 is 0 Å². The number of ether oxygens (including phenoxy) is 1. The van der Waals surface area contributed by atoms with Gasteiger partial charge in [0.1, 0.15) is 17.7 Å². The van der Waals surface area contributed by atoms with Crippen LogP contribution in [0.4, 0.5) is 4.79 Å². The lowest BCUT2D eigenvalue weighted by molar-refractivity contribution is -0.141. The number of hydrogen-bond acceptors (Lipinski definition) is 4. The standard InChI is InChI=1S/C25H41N3O4/c1-10-18-11-13-19(14-12-18)21(22(29)26-17(4)5)28(9)23(30)20(15-16(2)3)27-24(31)32-25(6,7)8/h11-14,16-17,20-21H,10,15H2,1-9H3,(H,26,29)(H,27,31). The first kappa shape index (κ1) is 27.5. The number of carbonyl (C=O) groups excluding carboxylic acids is 3. The largest absolute Gasteiger partial charge is 0.444 e. The van der Waals surface area contributed by atoms with E-state index in [1.165, 1.54) is 4.90 Å². The van der Waals surface area contributed by atoms with Gasteiger partial charge in [0, 0.05) is 13.1 Å². The van der Waals surface area contributed by atoms with Crippen molar-refractivity contribution in [3.63, 3.8) is 0 Å². The first-order valence-corrected chi connectivity index (χ1v) is 11.4. The van der Waals surface area contributed by atoms with Crippen LogP contribution in [0.25, 0.3) is 0 Å². The van der Waals surface area contributed by atoms with Crippen LogP contribution in [0.3, 0.4) is 0 Å². The summed E-state index contributed by atoms with van der Waals surface area (Å²) in [6.45, 7) is 15.1. The van der Waals surface area contributed by atoms with Crippen molar-refractivity contribution in [2.24, 2.45) is 5.92 Å². The third kappa shape index (κ3) is 8.89. The van der Waals surface area contributed by atoms with E-state index in [0.29, 0.717) is 6.42 Å². The summed E-state index contributed by atoms with van der Waals surface area (Å²) in [4.78, 5) is 40.4. The molecule has 0 fully saturated rings. The summed E-state index contributed by atoms with van der Waals surface area (Å²) in [5.41, 5.74) is 1.19. The van der Waals surface area contributed by atoms with Gasteiger partial charge in [-0.05, 0) is 64.5 Å². The monoisotopic (exact) mass is 447 g/mol. The highest BCUT2D eigenvalue weighted by molar-refractivity contribution is 5.92. The molecule has 2 atom stereocenters. The molecule has 1 aromatic carbocycles. The van der Waals surface area contributed by atoms with Gasteiger partial charge in [0.05, 0.1) is 0 Å². The summed E-state index contributed by atoms with van der Waals surface area (Å²) in [6.07, 6.45) is 0.657. The smallest absolute Gasteiger partial charge is 0.408 e. The molecule has 0 bridgehead atoms. The summed E-state index contributed by atoms with van der Waals surface area (Å²) in [7, 11) is 1.60. The van der Waals surface area contributed by atoms with E-state index in [-0.39, 0.29) is 23.8 Å². The van der Waals surface area contributed by atoms with E-state index in [1.807, 2.05) is 52.0 Å². The Kier molecular flexibility index (Phi) is 10.2. The van der Waals surface area contributed by atoms with Crippen molar-refractivity contribution >= 4 is 17.9 Å². The lowest BCUT2D eigenvalue weighted by atomic mass is 9.98. The normalized spacial score (nSPS) is 13.5. The number of alkyl carbamates (subject to hydrolysis) is 1. The van der Waals surface area contributed by atoms with Crippen LogP contribution in [0.1, 0.15) is 79.0 Å². The number of likely N-dealkylation sites (N-methyl/N-ethyl adjacent to an activating group) is 1. The maximum absolute atomic E-state index is 13.5. The number of hydrogen-bond donors (Lipinski definition) is 2. The highest BCUT2D eigenvalue weighted by atomic mass is 16.6. The SMILES string of the molecule is CCc1ccc(C(C(=O)NC(C)C)N(C)C(=O)C(CC(C)C)NC(=O)OC(C)(C)C)cc1. The molecule has 1 rings (SSSR count). The summed E-state index contributed by atoms with van der Waals surface area (Å²) >= 11 is 0. The highest BCUT2D eigenvalue weighted by Gasteiger charge is 2.34. The van der Waals surface area contributed by atoms with Crippen LogP contribution < -0.4 is 10.6 Å². The predicted molar refractivity (Wildman–Crippen MR) is 127 cm³/mol. The Morgan fingerprint density at radius 1 is 1.00 bits per heavy atom. The molecule has 0 saturated heterocycles. The molecule has 1 aromatic rings. The van der Waals surface area contributed by atoms with Crippen molar-refractivity contribution in [2.45, 2.75) is 92.0 Å². The van der Waals surface area contributed by atoms with Crippen molar-refractivity contribution in [1.82, 2.24) is 15.5 Å². The minimum Gasteiger partial charge on any atom is -0.444 e. The molecule has 7 heteroatoms. The lowest BCUT2D eigenvalue weighted by Crippen LogP contribution is -2.52. The Hall–Kier alpha value is -2.57. The summed E-state index contributed by atoms with van der Waals surface area (Å²) in [6, 6.07) is 6.00. The molecule has 2 unspecified atom stereocenters. The predicted octanol–water partition coefficient (Wildman–Crippen LogP) is 4.21. The van der Waals surface area contributed by atoms with Crippen LogP contribution in [-0.4, -0.2) is 47.5 Å². The number of aryl methyl sites for hydroxylation is 1. The van der Waals surface area contributed by atoms with E-state index in [9.17, 15) is 14.4 Å². The number of nitrogens with zero attached hydrogens (tertiary/aromatic N) is 1. The van der Waals surface area contributed by atoms with Crippen molar-refractivity contribution < 1.29 is 19.1 Å². The fourth-order valence-electron chi connectivity index (χ4n) is 3.37. The Morgan fingerprint density at radius 3 is 2.00 bits per heavy atom. The highest BCUT2D eigenvalue weighted by Crippen LogP contribution is 2.23. The molecule has 0 radical (unpaired) electrons. The minimum atomic E-state index is -0.814. The van der Waals surface area contributed by atoms with Crippen LogP contribution >= 0.6 is 0 Å². The van der Waals surface area contributed by atoms with Crippen LogP contribution in [0.15, 0.2) is 24.3 Å². The molecule has 180 valence electrons. The zero-order valence-electron chi connectivity index (χ0n) is 21.1. The zero-order chi connectivity index (χ0) is 24.6.